The SMILES string of the molecule is COc1ccc(C2=NN(C3CCNCC3)C(=O)C23CCCC3)cc1OC. The van der Waals surface area contributed by atoms with Gasteiger partial charge in [0.15, 0.2) is 11.5 Å². The molecule has 140 valence electrons. The quantitative estimate of drug-likeness (QED) is 0.900. The average molecular weight is 357 g/mol. The Bertz CT molecular complexity index is 719. The highest BCUT2D eigenvalue weighted by atomic mass is 16.5. The van der Waals surface area contributed by atoms with Crippen molar-refractivity contribution in [2.75, 3.05) is 27.3 Å². The van der Waals surface area contributed by atoms with Crippen LogP contribution in [0.4, 0.5) is 0 Å². The summed E-state index contributed by atoms with van der Waals surface area (Å²) in [6, 6.07) is 6.06. The van der Waals surface area contributed by atoms with Crippen LogP contribution in [0.3, 0.4) is 0 Å². The van der Waals surface area contributed by atoms with Crippen molar-refractivity contribution in [3.8, 4) is 11.5 Å². The predicted octanol–water partition coefficient (Wildman–Crippen LogP) is 2.56. The molecule has 0 aromatic heterocycles. The summed E-state index contributed by atoms with van der Waals surface area (Å²) < 4.78 is 10.8. The van der Waals surface area contributed by atoms with Gasteiger partial charge in [-0.05, 0) is 57.0 Å². The van der Waals surface area contributed by atoms with Gasteiger partial charge in [-0.25, -0.2) is 5.01 Å². The van der Waals surface area contributed by atoms with Crippen LogP contribution in [0.15, 0.2) is 23.3 Å². The minimum absolute atomic E-state index is 0.201. The van der Waals surface area contributed by atoms with E-state index in [9.17, 15) is 4.79 Å². The van der Waals surface area contributed by atoms with Crippen LogP contribution in [0.1, 0.15) is 44.1 Å². The molecule has 0 radical (unpaired) electrons. The van der Waals surface area contributed by atoms with E-state index in [1.165, 1.54) is 0 Å². The van der Waals surface area contributed by atoms with Gasteiger partial charge in [0.1, 0.15) is 0 Å². The molecule has 1 aliphatic carbocycles. The molecule has 2 aliphatic heterocycles. The minimum Gasteiger partial charge on any atom is -0.493 e. The molecule has 6 heteroatoms. The molecule has 1 aromatic rings. The Labute approximate surface area is 154 Å². The van der Waals surface area contributed by atoms with Crippen molar-refractivity contribution in [3.63, 3.8) is 0 Å². The Kier molecular flexibility index (Phi) is 4.61. The third-order valence-electron chi connectivity index (χ3n) is 6.05. The first-order chi connectivity index (χ1) is 12.7. The first-order valence-corrected chi connectivity index (χ1v) is 9.55. The molecule has 2 fully saturated rings. The summed E-state index contributed by atoms with van der Waals surface area (Å²) >= 11 is 0. The van der Waals surface area contributed by atoms with Gasteiger partial charge in [-0.1, -0.05) is 12.8 Å². The van der Waals surface area contributed by atoms with Gasteiger partial charge in [-0.15, -0.1) is 0 Å². The van der Waals surface area contributed by atoms with E-state index in [4.69, 9.17) is 14.6 Å². The molecule has 1 spiro atoms. The molecular weight excluding hydrogens is 330 g/mol. The Morgan fingerprint density at radius 1 is 1.12 bits per heavy atom. The fourth-order valence-electron chi connectivity index (χ4n) is 4.61. The topological polar surface area (TPSA) is 63.2 Å². The van der Waals surface area contributed by atoms with Crippen LogP contribution >= 0.6 is 0 Å². The monoisotopic (exact) mass is 357 g/mol. The van der Waals surface area contributed by atoms with Crippen LogP contribution in [0, 0.1) is 5.41 Å². The van der Waals surface area contributed by atoms with Crippen LogP contribution in [0.5, 0.6) is 11.5 Å². The number of methoxy groups -OCH3 is 2. The number of nitrogens with zero attached hydrogens (tertiary/aromatic N) is 2. The number of hydrazone groups is 1. The standard InChI is InChI=1S/C20H27N3O3/c1-25-16-6-5-14(13-17(16)26-2)18-20(9-3-4-10-20)19(24)23(22-18)15-7-11-21-12-8-15/h5-6,13,15,21H,3-4,7-12H2,1-2H3. The van der Waals surface area contributed by atoms with Gasteiger partial charge in [0, 0.05) is 5.56 Å². The number of rotatable bonds is 4. The third kappa shape index (κ3) is 2.67. The predicted molar refractivity (Wildman–Crippen MR) is 99.7 cm³/mol. The van der Waals surface area contributed by atoms with E-state index in [1.54, 1.807) is 19.2 Å². The normalized spacial score (nSPS) is 22.8. The summed E-state index contributed by atoms with van der Waals surface area (Å²) in [6.45, 7) is 1.89. The molecular formula is C20H27N3O3. The molecule has 6 nitrogen and oxygen atoms in total. The maximum absolute atomic E-state index is 13.4. The second-order valence-corrected chi connectivity index (χ2v) is 7.44. The first kappa shape index (κ1) is 17.3. The largest absolute Gasteiger partial charge is 0.493 e. The second kappa shape index (κ2) is 6.91. The second-order valence-electron chi connectivity index (χ2n) is 7.44. The molecule has 0 bridgehead atoms. The number of carbonyl (C=O) groups excluding carboxylic acids is 1. The Morgan fingerprint density at radius 2 is 1.81 bits per heavy atom. The summed E-state index contributed by atoms with van der Waals surface area (Å²) in [7, 11) is 3.27. The Balaban J connectivity index is 1.74. The zero-order valence-electron chi connectivity index (χ0n) is 15.6. The van der Waals surface area contributed by atoms with Gasteiger partial charge < -0.3 is 14.8 Å². The lowest BCUT2D eigenvalue weighted by molar-refractivity contribution is -0.138. The summed E-state index contributed by atoms with van der Waals surface area (Å²) in [5.41, 5.74) is 1.43. The summed E-state index contributed by atoms with van der Waals surface area (Å²) in [5, 5.41) is 10.1. The Hall–Kier alpha value is -2.08. The van der Waals surface area contributed by atoms with Crippen LogP contribution in [-0.4, -0.2) is 50.0 Å². The molecule has 1 N–H and O–H groups in total. The van der Waals surface area contributed by atoms with E-state index < -0.39 is 5.41 Å². The number of nitrogens with one attached hydrogen (secondary N) is 1. The van der Waals surface area contributed by atoms with Crippen molar-refractivity contribution in [2.24, 2.45) is 10.5 Å². The van der Waals surface area contributed by atoms with E-state index in [-0.39, 0.29) is 11.9 Å². The van der Waals surface area contributed by atoms with Crippen molar-refractivity contribution in [1.82, 2.24) is 10.3 Å². The molecule has 1 saturated heterocycles. The molecule has 4 rings (SSSR count). The highest BCUT2D eigenvalue weighted by molar-refractivity contribution is 6.20. The van der Waals surface area contributed by atoms with Crippen LogP contribution < -0.4 is 14.8 Å². The van der Waals surface area contributed by atoms with E-state index in [2.05, 4.69) is 5.32 Å². The van der Waals surface area contributed by atoms with Gasteiger partial charge in [-0.3, -0.25) is 4.79 Å². The highest BCUT2D eigenvalue weighted by Gasteiger charge is 2.54. The summed E-state index contributed by atoms with van der Waals surface area (Å²) in [6.07, 6.45) is 5.87. The lowest BCUT2D eigenvalue weighted by Gasteiger charge is -2.31. The molecule has 3 aliphatic rings. The van der Waals surface area contributed by atoms with Crippen molar-refractivity contribution in [3.05, 3.63) is 23.8 Å². The maximum Gasteiger partial charge on any atom is 0.255 e. The van der Waals surface area contributed by atoms with Crippen molar-refractivity contribution >= 4 is 11.6 Å². The number of hydrogen-bond donors (Lipinski definition) is 1. The number of piperidine rings is 1. The third-order valence-corrected chi connectivity index (χ3v) is 6.05. The van der Waals surface area contributed by atoms with Gasteiger partial charge in [-0.2, -0.15) is 5.10 Å². The minimum atomic E-state index is -0.454. The fraction of sp³-hybridized carbons (Fsp3) is 0.600. The molecule has 1 amide bonds. The zero-order chi connectivity index (χ0) is 18.1. The maximum atomic E-state index is 13.4. The van der Waals surface area contributed by atoms with Crippen molar-refractivity contribution in [1.29, 1.82) is 0 Å². The number of ether oxygens (including phenoxy) is 2. The van der Waals surface area contributed by atoms with E-state index in [1.807, 2.05) is 18.2 Å². The molecule has 0 atom stereocenters. The number of benzene rings is 1. The molecule has 26 heavy (non-hydrogen) atoms. The Morgan fingerprint density at radius 3 is 2.46 bits per heavy atom. The van der Waals surface area contributed by atoms with E-state index in [0.29, 0.717) is 11.5 Å². The first-order valence-electron chi connectivity index (χ1n) is 9.55. The molecule has 0 unspecified atom stereocenters. The fourth-order valence-corrected chi connectivity index (χ4v) is 4.61. The average Bonchev–Trinajstić information content (AvgIpc) is 3.29. The molecule has 1 saturated carbocycles. The van der Waals surface area contributed by atoms with Gasteiger partial charge in [0.25, 0.3) is 5.91 Å². The van der Waals surface area contributed by atoms with Gasteiger partial charge in [0.05, 0.1) is 31.4 Å². The number of amides is 1. The van der Waals surface area contributed by atoms with Gasteiger partial charge >= 0.3 is 0 Å². The lowest BCUT2D eigenvalue weighted by Crippen LogP contribution is -2.45. The smallest absolute Gasteiger partial charge is 0.255 e. The highest BCUT2D eigenvalue weighted by Crippen LogP contribution is 2.48. The van der Waals surface area contributed by atoms with E-state index in [0.717, 1.165) is 62.9 Å². The van der Waals surface area contributed by atoms with Crippen LogP contribution in [-0.2, 0) is 4.79 Å². The van der Waals surface area contributed by atoms with Gasteiger partial charge in [0.2, 0.25) is 0 Å². The lowest BCUT2D eigenvalue weighted by atomic mass is 9.77. The summed E-state index contributed by atoms with van der Waals surface area (Å²) in [4.78, 5) is 13.4. The molecule has 2 heterocycles. The van der Waals surface area contributed by atoms with Crippen molar-refractivity contribution in [2.45, 2.75) is 44.6 Å². The van der Waals surface area contributed by atoms with E-state index >= 15 is 0 Å². The molecule has 1 aromatic carbocycles. The van der Waals surface area contributed by atoms with Crippen LogP contribution in [0.2, 0.25) is 0 Å². The number of hydrogen-bond acceptors (Lipinski definition) is 5. The zero-order valence-corrected chi connectivity index (χ0v) is 15.6. The van der Waals surface area contributed by atoms with Crippen LogP contribution in [0.25, 0.3) is 0 Å². The van der Waals surface area contributed by atoms with Crippen molar-refractivity contribution < 1.29 is 14.3 Å². The number of carbonyl (C=O) groups is 1. The summed E-state index contributed by atoms with van der Waals surface area (Å²) in [5.74, 6) is 1.57.